The number of carbonyl (C=O) groups is 1. The van der Waals surface area contributed by atoms with Crippen LogP contribution < -0.4 is 0 Å². The van der Waals surface area contributed by atoms with Gasteiger partial charge in [-0.25, -0.2) is 4.99 Å². The molecule has 0 spiro atoms. The Morgan fingerprint density at radius 3 is 2.75 bits per heavy atom. The highest BCUT2D eigenvalue weighted by Gasteiger charge is 2.18. The average molecular weight is 200 g/mol. The Balaban J connectivity index is 2.74. The Bertz CT molecular complexity index is 398. The molecule has 0 N–H and O–H groups in total. The monoisotopic (exact) mass is 199 g/mol. The number of hydrogen-bond acceptors (Lipinski definition) is 1. The average Bonchev–Trinajstić information content (AvgIpc) is 2.33. The second kappa shape index (κ2) is 2.57. The van der Waals surface area contributed by atoms with Gasteiger partial charge in [0.1, 0.15) is 0 Å². The molecule has 4 heteroatoms. The molecule has 12 heavy (non-hydrogen) atoms. The Morgan fingerprint density at radius 2 is 2.00 bits per heavy atom. The fraction of sp³-hybridized carbons (Fsp3) is 0. The third-order valence-corrected chi connectivity index (χ3v) is 2.17. The smallest absolute Gasteiger partial charge is 0.267 e. The standard InChI is InChI=1S/C8H3Cl2NO/c9-4-1-5-6(7(10)2-4)3-11-8(5)12/h1-3H. The van der Waals surface area contributed by atoms with Gasteiger partial charge < -0.3 is 0 Å². The van der Waals surface area contributed by atoms with Crippen molar-refractivity contribution in [1.82, 2.24) is 0 Å². The normalized spacial score (nSPS) is 13.7. The van der Waals surface area contributed by atoms with Crippen LogP contribution in [0.15, 0.2) is 17.1 Å². The van der Waals surface area contributed by atoms with Crippen molar-refractivity contribution in [3.8, 4) is 0 Å². The minimum Gasteiger partial charge on any atom is -0.267 e. The Hall–Kier alpha value is -0.860. The van der Waals surface area contributed by atoms with E-state index >= 15 is 0 Å². The molecule has 1 heterocycles. The number of amides is 1. The maximum Gasteiger partial charge on any atom is 0.277 e. The SMILES string of the molecule is O=C1N=Cc2c(Cl)cc(Cl)cc21. The highest BCUT2D eigenvalue weighted by Crippen LogP contribution is 2.27. The van der Waals surface area contributed by atoms with Crippen LogP contribution in [-0.4, -0.2) is 12.1 Å². The molecule has 0 radical (unpaired) electrons. The number of aliphatic imine (C=N–C) groups is 1. The van der Waals surface area contributed by atoms with Gasteiger partial charge >= 0.3 is 0 Å². The Morgan fingerprint density at radius 1 is 1.25 bits per heavy atom. The largest absolute Gasteiger partial charge is 0.277 e. The van der Waals surface area contributed by atoms with Gasteiger partial charge in [0.05, 0.1) is 10.6 Å². The second-order valence-electron chi connectivity index (χ2n) is 2.41. The Kier molecular flexibility index (Phi) is 1.67. The number of halogens is 2. The van der Waals surface area contributed by atoms with Crippen LogP contribution in [-0.2, 0) is 0 Å². The van der Waals surface area contributed by atoms with Crippen molar-refractivity contribution < 1.29 is 4.79 Å². The maximum absolute atomic E-state index is 11.1. The fourth-order valence-corrected chi connectivity index (χ4v) is 1.63. The maximum atomic E-state index is 11.1. The molecule has 1 aromatic carbocycles. The van der Waals surface area contributed by atoms with E-state index in [-0.39, 0.29) is 5.91 Å². The van der Waals surface area contributed by atoms with Crippen LogP contribution >= 0.6 is 23.2 Å². The summed E-state index contributed by atoms with van der Waals surface area (Å²) in [6, 6.07) is 3.16. The van der Waals surface area contributed by atoms with Crippen molar-refractivity contribution >= 4 is 35.3 Å². The molecular formula is C8H3Cl2NO. The summed E-state index contributed by atoms with van der Waals surface area (Å²) >= 11 is 11.5. The first-order chi connectivity index (χ1) is 5.68. The highest BCUT2D eigenvalue weighted by molar-refractivity contribution is 6.38. The lowest BCUT2D eigenvalue weighted by Gasteiger charge is -1.98. The predicted octanol–water partition coefficient (Wildman–Crippen LogP) is 2.57. The van der Waals surface area contributed by atoms with Gasteiger partial charge in [0, 0.05) is 16.8 Å². The van der Waals surface area contributed by atoms with E-state index in [0.29, 0.717) is 21.2 Å². The molecule has 0 atom stereocenters. The van der Waals surface area contributed by atoms with Gasteiger partial charge in [-0.15, -0.1) is 0 Å². The minimum absolute atomic E-state index is 0.283. The quantitative estimate of drug-likeness (QED) is 0.632. The second-order valence-corrected chi connectivity index (χ2v) is 3.26. The van der Waals surface area contributed by atoms with Crippen molar-refractivity contribution in [2.75, 3.05) is 0 Å². The van der Waals surface area contributed by atoms with Crippen LogP contribution in [0.5, 0.6) is 0 Å². The van der Waals surface area contributed by atoms with Crippen molar-refractivity contribution in [3.05, 3.63) is 33.3 Å². The van der Waals surface area contributed by atoms with Gasteiger partial charge in [0.2, 0.25) is 0 Å². The summed E-state index contributed by atoms with van der Waals surface area (Å²) in [7, 11) is 0. The summed E-state index contributed by atoms with van der Waals surface area (Å²) in [5, 5.41) is 0.921. The first-order valence-electron chi connectivity index (χ1n) is 3.26. The topological polar surface area (TPSA) is 29.4 Å². The van der Waals surface area contributed by atoms with E-state index in [2.05, 4.69) is 4.99 Å². The number of fused-ring (bicyclic) bond motifs is 1. The van der Waals surface area contributed by atoms with Crippen molar-refractivity contribution in [2.45, 2.75) is 0 Å². The summed E-state index contributed by atoms with van der Waals surface area (Å²) in [5.41, 5.74) is 1.14. The van der Waals surface area contributed by atoms with Crippen molar-refractivity contribution in [1.29, 1.82) is 0 Å². The van der Waals surface area contributed by atoms with Crippen LogP contribution in [0, 0.1) is 0 Å². The van der Waals surface area contributed by atoms with E-state index < -0.39 is 0 Å². The van der Waals surface area contributed by atoms with Gasteiger partial charge in [0.15, 0.2) is 0 Å². The van der Waals surface area contributed by atoms with Gasteiger partial charge in [0.25, 0.3) is 5.91 Å². The summed E-state index contributed by atoms with van der Waals surface area (Å²) in [5.74, 6) is -0.283. The first kappa shape index (κ1) is 7.77. The van der Waals surface area contributed by atoms with Crippen LogP contribution in [0.3, 0.4) is 0 Å². The zero-order valence-electron chi connectivity index (χ0n) is 5.84. The molecule has 1 aliphatic heterocycles. The molecule has 0 saturated carbocycles. The van der Waals surface area contributed by atoms with E-state index in [1.165, 1.54) is 6.21 Å². The summed E-state index contributed by atoms with van der Waals surface area (Å²) in [6.45, 7) is 0. The number of rotatable bonds is 0. The van der Waals surface area contributed by atoms with E-state index in [9.17, 15) is 4.79 Å². The molecule has 60 valence electrons. The van der Waals surface area contributed by atoms with Gasteiger partial charge in [-0.05, 0) is 12.1 Å². The molecule has 0 fully saturated rings. The molecule has 2 nitrogen and oxygen atoms in total. The van der Waals surface area contributed by atoms with Gasteiger partial charge in [-0.2, -0.15) is 0 Å². The van der Waals surface area contributed by atoms with E-state index in [1.807, 2.05) is 0 Å². The third-order valence-electron chi connectivity index (χ3n) is 1.64. The van der Waals surface area contributed by atoms with E-state index in [1.54, 1.807) is 12.1 Å². The summed E-state index contributed by atoms with van der Waals surface area (Å²) in [4.78, 5) is 14.7. The molecule has 1 aromatic rings. The minimum atomic E-state index is -0.283. The van der Waals surface area contributed by atoms with E-state index in [4.69, 9.17) is 23.2 Å². The zero-order valence-corrected chi connectivity index (χ0v) is 7.36. The van der Waals surface area contributed by atoms with Gasteiger partial charge in [-0.1, -0.05) is 23.2 Å². The lowest BCUT2D eigenvalue weighted by molar-refractivity contribution is 0.101. The highest BCUT2D eigenvalue weighted by atomic mass is 35.5. The first-order valence-corrected chi connectivity index (χ1v) is 4.01. The van der Waals surface area contributed by atoms with Crippen LogP contribution in [0.4, 0.5) is 0 Å². The number of nitrogens with zero attached hydrogens (tertiary/aromatic N) is 1. The molecule has 0 aromatic heterocycles. The lowest BCUT2D eigenvalue weighted by atomic mass is 10.1. The zero-order chi connectivity index (χ0) is 8.72. The number of hydrogen-bond donors (Lipinski definition) is 0. The third kappa shape index (κ3) is 1.04. The molecule has 1 amide bonds. The molecule has 2 rings (SSSR count). The van der Waals surface area contributed by atoms with Crippen LogP contribution in [0.2, 0.25) is 10.0 Å². The summed E-state index contributed by atoms with van der Waals surface area (Å²) in [6.07, 6.45) is 1.45. The molecular weight excluding hydrogens is 197 g/mol. The van der Waals surface area contributed by atoms with Crippen LogP contribution in [0.25, 0.3) is 0 Å². The van der Waals surface area contributed by atoms with E-state index in [0.717, 1.165) is 0 Å². The Labute approximate surface area is 78.8 Å². The van der Waals surface area contributed by atoms with Crippen molar-refractivity contribution in [2.24, 2.45) is 4.99 Å². The van der Waals surface area contributed by atoms with Crippen LogP contribution in [0.1, 0.15) is 15.9 Å². The van der Waals surface area contributed by atoms with Crippen molar-refractivity contribution in [3.63, 3.8) is 0 Å². The molecule has 0 saturated heterocycles. The number of carbonyl (C=O) groups excluding carboxylic acids is 1. The molecule has 1 aliphatic rings. The predicted molar refractivity (Wildman–Crippen MR) is 48.4 cm³/mol. The molecule has 0 aliphatic carbocycles. The number of benzene rings is 1. The fourth-order valence-electron chi connectivity index (χ4n) is 1.09. The summed E-state index contributed by atoms with van der Waals surface area (Å²) < 4.78 is 0. The molecule has 0 bridgehead atoms. The lowest BCUT2D eigenvalue weighted by Crippen LogP contribution is -1.92. The molecule has 0 unspecified atom stereocenters. The van der Waals surface area contributed by atoms with Gasteiger partial charge in [-0.3, -0.25) is 4.79 Å².